The molecule has 1 aromatic carbocycles. The van der Waals surface area contributed by atoms with Crippen LogP contribution < -0.4 is 0 Å². The number of aliphatic hydroxyl groups excluding tert-OH is 1. The van der Waals surface area contributed by atoms with Gasteiger partial charge in [0, 0.05) is 24.7 Å². The lowest BCUT2D eigenvalue weighted by molar-refractivity contribution is 0.153. The summed E-state index contributed by atoms with van der Waals surface area (Å²) in [6, 6.07) is 10.1. The van der Waals surface area contributed by atoms with Crippen molar-refractivity contribution in [2.75, 3.05) is 0 Å². The first kappa shape index (κ1) is 10.9. The topological polar surface area (TPSA) is 79.6 Å². The van der Waals surface area contributed by atoms with Crippen molar-refractivity contribution in [3.05, 3.63) is 42.4 Å². The van der Waals surface area contributed by atoms with Crippen molar-refractivity contribution in [3.63, 3.8) is 0 Å². The molecule has 0 bridgehead atoms. The number of nitrogens with zero attached hydrogens (tertiary/aromatic N) is 4. The Labute approximate surface area is 103 Å². The second kappa shape index (κ2) is 4.58. The van der Waals surface area contributed by atoms with E-state index in [1.54, 1.807) is 0 Å². The van der Waals surface area contributed by atoms with Gasteiger partial charge in [0.1, 0.15) is 0 Å². The van der Waals surface area contributed by atoms with Crippen LogP contribution in [0.1, 0.15) is 5.82 Å². The molecule has 0 radical (unpaired) electrons. The number of aliphatic hydroxyl groups is 1. The van der Waals surface area contributed by atoms with E-state index in [9.17, 15) is 5.11 Å². The molecule has 2 aromatic heterocycles. The van der Waals surface area contributed by atoms with Crippen LogP contribution in [0.25, 0.3) is 10.9 Å². The standard InChI is InChI=1S/C12H13N5O/c18-10(7-12-13-15-16-14-12)8-17-6-5-9-3-1-2-4-11(9)17/h1-6,10,18H,7-8H2,(H,13,14,15,16). The second-order valence-corrected chi connectivity index (χ2v) is 4.21. The summed E-state index contributed by atoms with van der Waals surface area (Å²) in [6.45, 7) is 0.516. The lowest BCUT2D eigenvalue weighted by Gasteiger charge is -2.10. The van der Waals surface area contributed by atoms with E-state index in [0.29, 0.717) is 18.8 Å². The van der Waals surface area contributed by atoms with E-state index in [2.05, 4.69) is 26.7 Å². The number of nitrogens with one attached hydrogen (secondary N) is 1. The zero-order valence-electron chi connectivity index (χ0n) is 9.69. The normalized spacial score (nSPS) is 12.9. The van der Waals surface area contributed by atoms with Crippen LogP contribution in [0.3, 0.4) is 0 Å². The molecule has 0 fully saturated rings. The van der Waals surface area contributed by atoms with Crippen molar-refractivity contribution in [2.45, 2.75) is 19.1 Å². The molecule has 6 nitrogen and oxygen atoms in total. The van der Waals surface area contributed by atoms with Gasteiger partial charge in [0.2, 0.25) is 0 Å². The predicted molar refractivity (Wildman–Crippen MR) is 65.8 cm³/mol. The molecule has 0 amide bonds. The maximum Gasteiger partial charge on any atom is 0.177 e. The van der Waals surface area contributed by atoms with Crippen molar-refractivity contribution in [1.29, 1.82) is 0 Å². The van der Waals surface area contributed by atoms with Crippen LogP contribution in [0.2, 0.25) is 0 Å². The molecule has 18 heavy (non-hydrogen) atoms. The summed E-state index contributed by atoms with van der Waals surface area (Å²) in [5.41, 5.74) is 1.12. The number of rotatable bonds is 4. The number of tetrazole rings is 1. The van der Waals surface area contributed by atoms with Crippen LogP contribution in [0.4, 0.5) is 0 Å². The molecule has 6 heteroatoms. The average Bonchev–Trinajstić information content (AvgIpc) is 3.00. The van der Waals surface area contributed by atoms with Gasteiger partial charge in [0.25, 0.3) is 0 Å². The molecule has 3 aromatic rings. The van der Waals surface area contributed by atoms with Gasteiger partial charge < -0.3 is 9.67 Å². The molecule has 1 unspecified atom stereocenters. The van der Waals surface area contributed by atoms with E-state index < -0.39 is 6.10 Å². The first-order valence-corrected chi connectivity index (χ1v) is 5.77. The zero-order valence-corrected chi connectivity index (χ0v) is 9.69. The molecule has 0 saturated heterocycles. The molecule has 0 aliphatic carbocycles. The summed E-state index contributed by atoms with van der Waals surface area (Å²) in [7, 11) is 0. The predicted octanol–water partition coefficient (Wildman–Crippen LogP) is 0.758. The van der Waals surface area contributed by atoms with Gasteiger partial charge in [-0.1, -0.05) is 23.4 Å². The van der Waals surface area contributed by atoms with Crippen LogP contribution in [0.15, 0.2) is 36.5 Å². The van der Waals surface area contributed by atoms with Crippen molar-refractivity contribution >= 4 is 10.9 Å². The third-order valence-corrected chi connectivity index (χ3v) is 2.90. The molecule has 92 valence electrons. The summed E-state index contributed by atoms with van der Waals surface area (Å²) in [5, 5.41) is 24.7. The van der Waals surface area contributed by atoms with Crippen LogP contribution in [-0.2, 0) is 13.0 Å². The van der Waals surface area contributed by atoms with Gasteiger partial charge in [-0.05, 0) is 17.5 Å². The summed E-state index contributed by atoms with van der Waals surface area (Å²) < 4.78 is 2.03. The van der Waals surface area contributed by atoms with Gasteiger partial charge in [-0.15, -0.1) is 10.2 Å². The van der Waals surface area contributed by atoms with Crippen molar-refractivity contribution in [1.82, 2.24) is 25.2 Å². The summed E-state index contributed by atoms with van der Waals surface area (Å²) in [6.07, 6.45) is 1.84. The highest BCUT2D eigenvalue weighted by Gasteiger charge is 2.11. The zero-order chi connectivity index (χ0) is 12.4. The minimum atomic E-state index is -0.529. The molecule has 2 heterocycles. The van der Waals surface area contributed by atoms with Crippen molar-refractivity contribution in [2.24, 2.45) is 0 Å². The van der Waals surface area contributed by atoms with Crippen LogP contribution >= 0.6 is 0 Å². The number of hydrogen-bond donors (Lipinski definition) is 2. The van der Waals surface area contributed by atoms with E-state index in [-0.39, 0.29) is 0 Å². The summed E-state index contributed by atoms with van der Waals surface area (Å²) >= 11 is 0. The number of para-hydroxylation sites is 1. The van der Waals surface area contributed by atoms with Crippen molar-refractivity contribution in [3.8, 4) is 0 Å². The highest BCUT2D eigenvalue weighted by Crippen LogP contribution is 2.15. The fourth-order valence-electron chi connectivity index (χ4n) is 2.07. The molecular weight excluding hydrogens is 230 g/mol. The molecular formula is C12H13N5O. The Kier molecular flexibility index (Phi) is 2.77. The summed E-state index contributed by atoms with van der Waals surface area (Å²) in [4.78, 5) is 0. The van der Waals surface area contributed by atoms with Crippen LogP contribution in [0, 0.1) is 0 Å². The molecule has 0 aliphatic heterocycles. The average molecular weight is 243 g/mol. The minimum absolute atomic E-state index is 0.392. The Hall–Kier alpha value is -2.21. The SMILES string of the molecule is OC(Cc1nn[nH]n1)Cn1ccc2ccccc21. The number of aromatic amines is 1. The maximum atomic E-state index is 10.0. The largest absolute Gasteiger partial charge is 0.391 e. The first-order valence-electron chi connectivity index (χ1n) is 5.77. The van der Waals surface area contributed by atoms with Gasteiger partial charge in [-0.2, -0.15) is 5.21 Å². The van der Waals surface area contributed by atoms with E-state index in [4.69, 9.17) is 0 Å². The third kappa shape index (κ3) is 2.10. The summed E-state index contributed by atoms with van der Waals surface area (Å²) in [5.74, 6) is 0.527. The number of aromatic nitrogens is 5. The Balaban J connectivity index is 1.76. The molecule has 3 rings (SSSR count). The molecule has 2 N–H and O–H groups in total. The van der Waals surface area contributed by atoms with Gasteiger partial charge in [0.05, 0.1) is 6.10 Å². The van der Waals surface area contributed by atoms with E-state index in [0.717, 1.165) is 5.52 Å². The van der Waals surface area contributed by atoms with Gasteiger partial charge in [-0.3, -0.25) is 0 Å². The van der Waals surface area contributed by atoms with Crippen molar-refractivity contribution < 1.29 is 5.11 Å². The Morgan fingerprint density at radius 2 is 2.17 bits per heavy atom. The van der Waals surface area contributed by atoms with Gasteiger partial charge >= 0.3 is 0 Å². The Morgan fingerprint density at radius 3 is 3.00 bits per heavy atom. The van der Waals surface area contributed by atoms with Crippen LogP contribution in [-0.4, -0.2) is 36.4 Å². The second-order valence-electron chi connectivity index (χ2n) is 4.21. The monoisotopic (exact) mass is 243 g/mol. The Morgan fingerprint density at radius 1 is 1.28 bits per heavy atom. The van der Waals surface area contributed by atoms with E-state index in [1.807, 2.05) is 35.0 Å². The number of fused-ring (bicyclic) bond motifs is 1. The number of H-pyrrole nitrogens is 1. The van der Waals surface area contributed by atoms with Crippen LogP contribution in [0.5, 0.6) is 0 Å². The fourth-order valence-corrected chi connectivity index (χ4v) is 2.07. The van der Waals surface area contributed by atoms with E-state index in [1.165, 1.54) is 5.39 Å². The highest BCUT2D eigenvalue weighted by molar-refractivity contribution is 5.79. The highest BCUT2D eigenvalue weighted by atomic mass is 16.3. The van der Waals surface area contributed by atoms with Gasteiger partial charge in [-0.25, -0.2) is 0 Å². The number of hydrogen-bond acceptors (Lipinski definition) is 4. The molecule has 0 spiro atoms. The minimum Gasteiger partial charge on any atom is -0.391 e. The fraction of sp³-hybridized carbons (Fsp3) is 0.250. The first-order chi connectivity index (χ1) is 8.83. The quantitative estimate of drug-likeness (QED) is 0.709. The lowest BCUT2D eigenvalue weighted by atomic mass is 10.2. The lowest BCUT2D eigenvalue weighted by Crippen LogP contribution is -2.18. The molecule has 1 atom stereocenters. The molecule has 0 aliphatic rings. The maximum absolute atomic E-state index is 10.0. The Bertz CT molecular complexity index is 631. The smallest absolute Gasteiger partial charge is 0.177 e. The number of benzene rings is 1. The van der Waals surface area contributed by atoms with Gasteiger partial charge in [0.15, 0.2) is 5.82 Å². The van der Waals surface area contributed by atoms with E-state index >= 15 is 0 Å². The molecule has 0 saturated carbocycles. The third-order valence-electron chi connectivity index (χ3n) is 2.90.